The maximum Gasteiger partial charge on any atom is 0.416 e. The molecule has 3 rings (SSSR count). The highest BCUT2D eigenvalue weighted by molar-refractivity contribution is 7.85. The van der Waals surface area contributed by atoms with Crippen molar-refractivity contribution in [2.75, 3.05) is 0 Å². The van der Waals surface area contributed by atoms with Crippen LogP contribution >= 0.6 is 11.6 Å². The van der Waals surface area contributed by atoms with Crippen LogP contribution in [0.4, 0.5) is 13.2 Å². The van der Waals surface area contributed by atoms with E-state index in [1.165, 1.54) is 6.07 Å². The van der Waals surface area contributed by atoms with Crippen LogP contribution in [0.3, 0.4) is 0 Å². The molecule has 2 aromatic rings. The Balaban J connectivity index is 2.13. The average Bonchev–Trinajstić information content (AvgIpc) is 2.37. The van der Waals surface area contributed by atoms with Gasteiger partial charge < -0.3 is 0 Å². The normalized spacial score (nSPS) is 17.5. The molecule has 2 aromatic carbocycles. The topological polar surface area (TPSA) is 17.1 Å². The Kier molecular flexibility index (Phi) is 3.14. The number of benzene rings is 2. The molecule has 0 radical (unpaired) electrons. The zero-order valence-electron chi connectivity index (χ0n) is 10.00. The van der Waals surface area contributed by atoms with Crippen molar-refractivity contribution in [2.24, 2.45) is 0 Å². The van der Waals surface area contributed by atoms with E-state index in [2.05, 4.69) is 0 Å². The molecule has 1 aliphatic heterocycles. The van der Waals surface area contributed by atoms with E-state index in [9.17, 15) is 17.4 Å². The van der Waals surface area contributed by atoms with Gasteiger partial charge in [0.1, 0.15) is 0 Å². The largest absolute Gasteiger partial charge is 0.416 e. The fourth-order valence-corrected chi connectivity index (χ4v) is 3.82. The summed E-state index contributed by atoms with van der Waals surface area (Å²) in [5, 5.41) is 0.483. The van der Waals surface area contributed by atoms with Gasteiger partial charge in [-0.25, -0.2) is 4.21 Å². The van der Waals surface area contributed by atoms with Crippen LogP contribution in [-0.2, 0) is 23.4 Å². The van der Waals surface area contributed by atoms with Crippen LogP contribution in [0.1, 0.15) is 16.7 Å². The number of alkyl halides is 3. The second-order valence-corrected chi connectivity index (χ2v) is 6.37. The average molecular weight is 317 g/mol. The van der Waals surface area contributed by atoms with Gasteiger partial charge in [0.05, 0.1) is 16.4 Å². The van der Waals surface area contributed by atoms with Crippen molar-refractivity contribution >= 4 is 22.4 Å². The molecular weight excluding hydrogens is 309 g/mol. The SMILES string of the molecule is O=S1c2ccc(Cl)cc2Cc2cc(C(F)(F)F)ccc21. The fourth-order valence-electron chi connectivity index (χ4n) is 2.27. The maximum absolute atomic E-state index is 12.7. The summed E-state index contributed by atoms with van der Waals surface area (Å²) in [4.78, 5) is 1.05. The molecule has 1 unspecified atom stereocenters. The van der Waals surface area contributed by atoms with E-state index in [1.807, 2.05) is 0 Å². The molecule has 1 aliphatic rings. The van der Waals surface area contributed by atoms with Crippen molar-refractivity contribution in [3.05, 3.63) is 58.1 Å². The van der Waals surface area contributed by atoms with Gasteiger partial charge >= 0.3 is 6.18 Å². The number of halogens is 4. The van der Waals surface area contributed by atoms with Gasteiger partial charge in [-0.1, -0.05) is 11.6 Å². The number of hydrogen-bond acceptors (Lipinski definition) is 1. The van der Waals surface area contributed by atoms with E-state index < -0.39 is 22.5 Å². The summed E-state index contributed by atoms with van der Waals surface area (Å²) in [5.41, 5.74) is 0.425. The number of fused-ring (bicyclic) bond motifs is 2. The van der Waals surface area contributed by atoms with E-state index in [4.69, 9.17) is 11.6 Å². The van der Waals surface area contributed by atoms with E-state index >= 15 is 0 Å². The third-order valence-electron chi connectivity index (χ3n) is 3.19. The molecule has 0 saturated heterocycles. The zero-order chi connectivity index (χ0) is 14.5. The number of rotatable bonds is 0. The Bertz CT molecular complexity index is 725. The van der Waals surface area contributed by atoms with Crippen molar-refractivity contribution in [3.63, 3.8) is 0 Å². The first-order valence-electron chi connectivity index (χ1n) is 5.76. The summed E-state index contributed by atoms with van der Waals surface area (Å²) in [6.07, 6.45) is -4.09. The Labute approximate surface area is 120 Å². The summed E-state index contributed by atoms with van der Waals surface area (Å²) in [6.45, 7) is 0. The van der Waals surface area contributed by atoms with Crippen LogP contribution in [0, 0.1) is 0 Å². The molecule has 0 aliphatic carbocycles. The molecule has 0 bridgehead atoms. The van der Waals surface area contributed by atoms with Gasteiger partial charge in [-0.3, -0.25) is 0 Å². The van der Waals surface area contributed by atoms with Crippen LogP contribution < -0.4 is 0 Å². The first-order valence-corrected chi connectivity index (χ1v) is 7.29. The molecule has 0 fully saturated rings. The van der Waals surface area contributed by atoms with Crippen molar-refractivity contribution < 1.29 is 17.4 Å². The Morgan fingerprint density at radius 3 is 2.25 bits per heavy atom. The second-order valence-electron chi connectivity index (χ2n) is 4.52. The molecule has 1 atom stereocenters. The molecule has 6 heteroatoms. The van der Waals surface area contributed by atoms with E-state index in [0.717, 1.165) is 12.1 Å². The Morgan fingerprint density at radius 1 is 1.00 bits per heavy atom. The van der Waals surface area contributed by atoms with Crippen molar-refractivity contribution in [3.8, 4) is 0 Å². The highest BCUT2D eigenvalue weighted by Crippen LogP contribution is 2.37. The summed E-state index contributed by atoms with van der Waals surface area (Å²) in [5.74, 6) is 0. The van der Waals surface area contributed by atoms with E-state index in [-0.39, 0.29) is 0 Å². The van der Waals surface area contributed by atoms with Crippen LogP contribution in [0.2, 0.25) is 5.02 Å². The minimum Gasteiger partial charge on any atom is -0.249 e. The van der Waals surface area contributed by atoms with Gasteiger partial charge in [0, 0.05) is 14.8 Å². The monoisotopic (exact) mass is 316 g/mol. The fraction of sp³-hybridized carbons (Fsp3) is 0.143. The molecule has 0 spiro atoms. The third kappa shape index (κ3) is 2.25. The highest BCUT2D eigenvalue weighted by atomic mass is 35.5. The molecule has 0 saturated carbocycles. The van der Waals surface area contributed by atoms with Gasteiger partial charge in [-0.2, -0.15) is 13.2 Å². The standard InChI is InChI=1S/C14H8ClF3OS/c15-11-2-4-13-9(7-11)5-8-6-10(14(16,17)18)1-3-12(8)20(13)19/h1-4,6-7H,5H2. The quantitative estimate of drug-likeness (QED) is 0.599. The first kappa shape index (κ1) is 13.6. The van der Waals surface area contributed by atoms with Crippen LogP contribution in [0.15, 0.2) is 46.2 Å². The Morgan fingerprint density at radius 2 is 1.60 bits per heavy atom. The molecule has 0 N–H and O–H groups in total. The van der Waals surface area contributed by atoms with Crippen molar-refractivity contribution in [1.29, 1.82) is 0 Å². The van der Waals surface area contributed by atoms with Crippen molar-refractivity contribution in [2.45, 2.75) is 22.4 Å². The molecule has 104 valence electrons. The second kappa shape index (κ2) is 4.60. The molecule has 0 amide bonds. The summed E-state index contributed by atoms with van der Waals surface area (Å²) in [6, 6.07) is 8.28. The van der Waals surface area contributed by atoms with Gasteiger partial charge in [-0.15, -0.1) is 0 Å². The lowest BCUT2D eigenvalue weighted by Gasteiger charge is -2.20. The zero-order valence-corrected chi connectivity index (χ0v) is 11.6. The van der Waals surface area contributed by atoms with E-state index in [1.54, 1.807) is 18.2 Å². The number of hydrogen-bond donors (Lipinski definition) is 0. The van der Waals surface area contributed by atoms with Crippen LogP contribution in [0.25, 0.3) is 0 Å². The lowest BCUT2D eigenvalue weighted by Crippen LogP contribution is -2.12. The summed E-state index contributed by atoms with van der Waals surface area (Å²) < 4.78 is 50.5. The van der Waals surface area contributed by atoms with Crippen LogP contribution in [0.5, 0.6) is 0 Å². The lowest BCUT2D eigenvalue weighted by atomic mass is 10.0. The lowest BCUT2D eigenvalue weighted by molar-refractivity contribution is -0.137. The molecular formula is C14H8ClF3OS. The summed E-state index contributed by atoms with van der Waals surface area (Å²) >= 11 is 5.88. The van der Waals surface area contributed by atoms with Gasteiger partial charge in [0.15, 0.2) is 0 Å². The molecule has 20 heavy (non-hydrogen) atoms. The van der Waals surface area contributed by atoms with Gasteiger partial charge in [0.25, 0.3) is 0 Å². The highest BCUT2D eigenvalue weighted by Gasteiger charge is 2.32. The van der Waals surface area contributed by atoms with E-state index in [0.29, 0.717) is 32.4 Å². The predicted molar refractivity (Wildman–Crippen MR) is 70.4 cm³/mol. The Hall–Kier alpha value is -1.33. The third-order valence-corrected chi connectivity index (χ3v) is 5.02. The predicted octanol–water partition coefficient (Wildman–Crippen LogP) is 4.43. The van der Waals surface area contributed by atoms with Crippen LogP contribution in [-0.4, -0.2) is 4.21 Å². The molecule has 0 aromatic heterocycles. The molecule has 1 nitrogen and oxygen atoms in total. The maximum atomic E-state index is 12.7. The van der Waals surface area contributed by atoms with Gasteiger partial charge in [-0.05, 0) is 53.9 Å². The first-order chi connectivity index (χ1) is 9.36. The van der Waals surface area contributed by atoms with Gasteiger partial charge in [0.2, 0.25) is 0 Å². The summed E-state index contributed by atoms with van der Waals surface area (Å²) in [7, 11) is -1.46. The minimum absolute atomic E-state index is 0.306. The van der Waals surface area contributed by atoms with Crippen molar-refractivity contribution in [1.82, 2.24) is 0 Å². The minimum atomic E-state index is -4.40. The molecule has 1 heterocycles. The smallest absolute Gasteiger partial charge is 0.249 e.